The number of carbonyl (C=O) groups is 2. The molecule has 3 amide bonds. The summed E-state index contributed by atoms with van der Waals surface area (Å²) in [6, 6.07) is 26.2. The lowest BCUT2D eigenvalue weighted by molar-refractivity contribution is 0.0996. The van der Waals surface area contributed by atoms with Crippen molar-refractivity contribution in [3.63, 3.8) is 0 Å². The zero-order valence-electron chi connectivity index (χ0n) is 12.9. The second-order valence-electron chi connectivity index (χ2n) is 5.14. The van der Waals surface area contributed by atoms with E-state index in [1.807, 2.05) is 30.3 Å². The molecule has 3 aromatic carbocycles. The van der Waals surface area contributed by atoms with Crippen LogP contribution >= 0.6 is 0 Å². The first-order valence-corrected chi connectivity index (χ1v) is 7.56. The van der Waals surface area contributed by atoms with E-state index in [4.69, 9.17) is 0 Å². The third kappa shape index (κ3) is 3.50. The zero-order chi connectivity index (χ0) is 16.8. The fraction of sp³-hybridized carbons (Fsp3) is 0. The van der Waals surface area contributed by atoms with E-state index in [0.717, 1.165) is 4.90 Å². The molecule has 24 heavy (non-hydrogen) atoms. The van der Waals surface area contributed by atoms with Crippen molar-refractivity contribution in [1.82, 2.24) is 0 Å². The molecule has 0 heterocycles. The summed E-state index contributed by atoms with van der Waals surface area (Å²) in [6.07, 6.45) is 0. The van der Waals surface area contributed by atoms with Crippen LogP contribution in [-0.2, 0) is 0 Å². The smallest absolute Gasteiger partial charge is 0.307 e. The number of benzene rings is 3. The highest BCUT2D eigenvalue weighted by Crippen LogP contribution is 2.19. The highest BCUT2D eigenvalue weighted by atomic mass is 16.2. The normalized spacial score (nSPS) is 10.0. The van der Waals surface area contributed by atoms with Crippen molar-refractivity contribution >= 4 is 23.3 Å². The number of nitrogens with zero attached hydrogens (tertiary/aromatic N) is 1. The number of imide groups is 1. The Morgan fingerprint density at radius 1 is 0.667 bits per heavy atom. The summed E-state index contributed by atoms with van der Waals surface area (Å²) >= 11 is 0. The van der Waals surface area contributed by atoms with E-state index in [-0.39, 0.29) is 5.91 Å². The molecule has 0 aliphatic carbocycles. The van der Waals surface area contributed by atoms with Crippen molar-refractivity contribution in [2.45, 2.75) is 0 Å². The molecule has 0 unspecified atom stereocenters. The number of hydrogen-bond acceptors (Lipinski definition) is 2. The molecular weight excluding hydrogens is 300 g/mol. The van der Waals surface area contributed by atoms with E-state index in [9.17, 15) is 9.59 Å². The number of anilines is 2. The summed E-state index contributed by atoms with van der Waals surface area (Å²) in [5.74, 6) is -0.379. The van der Waals surface area contributed by atoms with Gasteiger partial charge in [-0.05, 0) is 36.4 Å². The van der Waals surface area contributed by atoms with Crippen LogP contribution in [0.5, 0.6) is 0 Å². The first-order valence-electron chi connectivity index (χ1n) is 7.56. The molecule has 4 nitrogen and oxygen atoms in total. The third-order valence-corrected chi connectivity index (χ3v) is 3.47. The molecule has 0 aromatic heterocycles. The average molecular weight is 316 g/mol. The van der Waals surface area contributed by atoms with Gasteiger partial charge in [-0.15, -0.1) is 0 Å². The van der Waals surface area contributed by atoms with E-state index in [2.05, 4.69) is 5.32 Å². The van der Waals surface area contributed by atoms with Gasteiger partial charge in [0.25, 0.3) is 5.91 Å². The summed E-state index contributed by atoms with van der Waals surface area (Å²) in [5, 5.41) is 2.76. The van der Waals surface area contributed by atoms with Gasteiger partial charge in [-0.2, -0.15) is 0 Å². The van der Waals surface area contributed by atoms with Crippen molar-refractivity contribution in [2.75, 3.05) is 10.2 Å². The maximum absolute atomic E-state index is 12.8. The second-order valence-corrected chi connectivity index (χ2v) is 5.14. The summed E-state index contributed by atoms with van der Waals surface area (Å²) in [4.78, 5) is 26.7. The van der Waals surface area contributed by atoms with Crippen LogP contribution in [0.15, 0.2) is 91.0 Å². The summed E-state index contributed by atoms with van der Waals surface area (Å²) < 4.78 is 0. The molecule has 4 heteroatoms. The van der Waals surface area contributed by atoms with Crippen molar-refractivity contribution < 1.29 is 9.59 Å². The maximum Gasteiger partial charge on any atom is 0.333 e. The maximum atomic E-state index is 12.8. The SMILES string of the molecule is O=C(Nc1ccccc1)N(C(=O)c1ccccc1)c1ccccc1. The minimum atomic E-state index is -0.499. The van der Waals surface area contributed by atoms with E-state index in [1.54, 1.807) is 60.7 Å². The largest absolute Gasteiger partial charge is 0.333 e. The molecule has 0 saturated heterocycles. The third-order valence-electron chi connectivity index (χ3n) is 3.47. The number of urea groups is 1. The Balaban J connectivity index is 1.93. The summed E-state index contributed by atoms with van der Waals surface area (Å²) in [6.45, 7) is 0. The predicted octanol–water partition coefficient (Wildman–Crippen LogP) is 4.57. The van der Waals surface area contributed by atoms with Crippen LogP contribution in [-0.4, -0.2) is 11.9 Å². The highest BCUT2D eigenvalue weighted by molar-refractivity contribution is 6.23. The van der Waals surface area contributed by atoms with Gasteiger partial charge in [0.2, 0.25) is 0 Å². The molecule has 3 rings (SSSR count). The van der Waals surface area contributed by atoms with Crippen LogP contribution < -0.4 is 10.2 Å². The van der Waals surface area contributed by atoms with Gasteiger partial charge < -0.3 is 5.32 Å². The Hall–Kier alpha value is -3.40. The molecular formula is C20H16N2O2. The van der Waals surface area contributed by atoms with Gasteiger partial charge in [0.05, 0.1) is 5.69 Å². The average Bonchev–Trinajstić information content (AvgIpc) is 2.64. The van der Waals surface area contributed by atoms with Crippen LogP contribution in [0.3, 0.4) is 0 Å². The van der Waals surface area contributed by atoms with Crippen LogP contribution in [0, 0.1) is 0 Å². The molecule has 0 spiro atoms. The minimum absolute atomic E-state index is 0.379. The van der Waals surface area contributed by atoms with Gasteiger partial charge in [0.15, 0.2) is 0 Å². The molecule has 0 fully saturated rings. The Kier molecular flexibility index (Phi) is 4.68. The second kappa shape index (κ2) is 7.24. The minimum Gasteiger partial charge on any atom is -0.307 e. The monoisotopic (exact) mass is 316 g/mol. The quantitative estimate of drug-likeness (QED) is 0.769. The van der Waals surface area contributed by atoms with Crippen LogP contribution in [0.1, 0.15) is 10.4 Å². The number of hydrogen-bond donors (Lipinski definition) is 1. The summed E-state index contributed by atoms with van der Waals surface area (Å²) in [7, 11) is 0. The molecule has 1 N–H and O–H groups in total. The lowest BCUT2D eigenvalue weighted by Gasteiger charge is -2.21. The molecule has 0 saturated carbocycles. The Morgan fingerprint density at radius 3 is 1.75 bits per heavy atom. The van der Waals surface area contributed by atoms with Gasteiger partial charge in [-0.1, -0.05) is 54.6 Å². The Morgan fingerprint density at radius 2 is 1.17 bits per heavy atom. The van der Waals surface area contributed by atoms with Crippen LogP contribution in [0.2, 0.25) is 0 Å². The summed E-state index contributed by atoms with van der Waals surface area (Å²) in [5.41, 5.74) is 1.59. The molecule has 0 aliphatic rings. The molecule has 0 atom stereocenters. The van der Waals surface area contributed by atoms with Crippen molar-refractivity contribution in [2.24, 2.45) is 0 Å². The van der Waals surface area contributed by atoms with Crippen molar-refractivity contribution in [3.8, 4) is 0 Å². The number of nitrogens with one attached hydrogen (secondary N) is 1. The van der Waals surface area contributed by atoms with Crippen LogP contribution in [0.25, 0.3) is 0 Å². The highest BCUT2D eigenvalue weighted by Gasteiger charge is 2.24. The first-order chi connectivity index (χ1) is 11.8. The molecule has 0 radical (unpaired) electrons. The number of para-hydroxylation sites is 2. The predicted molar refractivity (Wildman–Crippen MR) is 95.2 cm³/mol. The van der Waals surface area contributed by atoms with Gasteiger partial charge in [0.1, 0.15) is 0 Å². The van der Waals surface area contributed by atoms with E-state index >= 15 is 0 Å². The molecule has 3 aromatic rings. The fourth-order valence-electron chi connectivity index (χ4n) is 2.31. The Bertz CT molecular complexity index is 818. The van der Waals surface area contributed by atoms with E-state index in [1.165, 1.54) is 0 Å². The first kappa shape index (κ1) is 15.5. The van der Waals surface area contributed by atoms with E-state index < -0.39 is 6.03 Å². The van der Waals surface area contributed by atoms with Gasteiger partial charge >= 0.3 is 6.03 Å². The lowest BCUT2D eigenvalue weighted by Crippen LogP contribution is -2.40. The molecule has 0 aliphatic heterocycles. The standard InChI is InChI=1S/C20H16N2O2/c23-19(16-10-4-1-5-11-16)22(18-14-8-3-9-15-18)20(24)21-17-12-6-2-7-13-17/h1-15H,(H,21,24). The fourth-order valence-corrected chi connectivity index (χ4v) is 2.31. The number of carbonyl (C=O) groups excluding carboxylic acids is 2. The molecule has 118 valence electrons. The van der Waals surface area contributed by atoms with E-state index in [0.29, 0.717) is 16.9 Å². The van der Waals surface area contributed by atoms with Crippen molar-refractivity contribution in [1.29, 1.82) is 0 Å². The van der Waals surface area contributed by atoms with Gasteiger partial charge in [-0.3, -0.25) is 4.79 Å². The number of rotatable bonds is 3. The topological polar surface area (TPSA) is 49.4 Å². The number of amides is 3. The van der Waals surface area contributed by atoms with Gasteiger partial charge in [0, 0.05) is 11.3 Å². The van der Waals surface area contributed by atoms with Crippen molar-refractivity contribution in [3.05, 3.63) is 96.6 Å². The van der Waals surface area contributed by atoms with Crippen LogP contribution in [0.4, 0.5) is 16.2 Å². The lowest BCUT2D eigenvalue weighted by atomic mass is 10.2. The van der Waals surface area contributed by atoms with Gasteiger partial charge in [-0.25, -0.2) is 9.69 Å². The Labute approximate surface area is 140 Å². The zero-order valence-corrected chi connectivity index (χ0v) is 12.9. The molecule has 0 bridgehead atoms.